The van der Waals surface area contributed by atoms with Gasteiger partial charge in [0.25, 0.3) is 0 Å². The molecule has 7 nitrogen and oxygen atoms in total. The number of aliphatic hydroxyl groups excluding tert-OH is 1. The van der Waals surface area contributed by atoms with Gasteiger partial charge in [-0.15, -0.1) is 0 Å². The monoisotopic (exact) mass is 536 g/mol. The van der Waals surface area contributed by atoms with Gasteiger partial charge >= 0.3 is 6.09 Å². The molecule has 0 unspecified atom stereocenters. The summed E-state index contributed by atoms with van der Waals surface area (Å²) < 4.78 is 15.6. The third-order valence-electron chi connectivity index (χ3n) is 6.83. The third-order valence-corrected chi connectivity index (χ3v) is 7.55. The van der Waals surface area contributed by atoms with E-state index in [2.05, 4.69) is 4.98 Å². The molecule has 2 heterocycles. The van der Waals surface area contributed by atoms with Crippen LogP contribution in [0.5, 0.6) is 0 Å². The minimum absolute atomic E-state index is 0.112. The quantitative estimate of drug-likeness (QED) is 0.386. The summed E-state index contributed by atoms with van der Waals surface area (Å²) in [4.78, 5) is 20.5. The molecule has 2 aromatic carbocycles. The van der Waals surface area contributed by atoms with Crippen molar-refractivity contribution in [3.05, 3.63) is 58.1 Å². The molecule has 0 fully saturated rings. The molecule has 0 radical (unpaired) electrons. The number of amides is 1. The number of rotatable bonds is 8. The van der Waals surface area contributed by atoms with Crippen molar-refractivity contribution in [2.45, 2.75) is 45.7 Å². The van der Waals surface area contributed by atoms with E-state index in [9.17, 15) is 19.4 Å². The van der Waals surface area contributed by atoms with Crippen molar-refractivity contribution in [3.63, 3.8) is 0 Å². The van der Waals surface area contributed by atoms with Gasteiger partial charge in [-0.3, -0.25) is 4.90 Å². The Morgan fingerprint density at radius 3 is 2.56 bits per heavy atom. The van der Waals surface area contributed by atoms with Crippen LogP contribution in [0.25, 0.3) is 11.0 Å². The van der Waals surface area contributed by atoms with Crippen LogP contribution >= 0.6 is 23.2 Å². The van der Waals surface area contributed by atoms with Crippen LogP contribution in [0.2, 0.25) is 10.0 Å². The first kappa shape index (κ1) is 26.5. The zero-order valence-corrected chi connectivity index (χ0v) is 22.2. The summed E-state index contributed by atoms with van der Waals surface area (Å²) in [6.45, 7) is 6.93. The Morgan fingerprint density at radius 2 is 1.89 bits per heavy atom. The Morgan fingerprint density at radius 1 is 1.17 bits per heavy atom. The van der Waals surface area contributed by atoms with E-state index in [1.54, 1.807) is 24.5 Å². The van der Waals surface area contributed by atoms with Crippen LogP contribution in [0.1, 0.15) is 32.8 Å². The fraction of sp³-hybridized carbons (Fsp3) is 0.462. The molecule has 1 amide bonds. The van der Waals surface area contributed by atoms with Crippen molar-refractivity contribution >= 4 is 46.0 Å². The summed E-state index contributed by atoms with van der Waals surface area (Å²) in [7, 11) is 0. The Hall–Kier alpha value is -2.55. The van der Waals surface area contributed by atoms with Gasteiger partial charge in [-0.05, 0) is 54.2 Å². The van der Waals surface area contributed by atoms with Gasteiger partial charge in [-0.2, -0.15) is 0 Å². The van der Waals surface area contributed by atoms with Gasteiger partial charge in [0.2, 0.25) is 0 Å². The molecule has 36 heavy (non-hydrogen) atoms. The minimum Gasteiger partial charge on any atom is -0.465 e. The Bertz CT molecular complexity index is 1280. The summed E-state index contributed by atoms with van der Waals surface area (Å²) in [5.74, 6) is -0.304. The Labute approximate surface area is 220 Å². The van der Waals surface area contributed by atoms with Gasteiger partial charge in [0.1, 0.15) is 11.4 Å². The van der Waals surface area contributed by atoms with Crippen molar-refractivity contribution in [3.8, 4) is 0 Å². The summed E-state index contributed by atoms with van der Waals surface area (Å²) in [5.41, 5.74) is 1.70. The van der Waals surface area contributed by atoms with Crippen molar-refractivity contribution in [1.29, 1.82) is 0 Å². The number of carbonyl (C=O) groups is 1. The molecule has 0 saturated carbocycles. The molecule has 1 aliphatic heterocycles. The highest BCUT2D eigenvalue weighted by atomic mass is 35.5. The molecule has 10 heteroatoms. The number of halogens is 3. The van der Waals surface area contributed by atoms with E-state index in [0.29, 0.717) is 40.5 Å². The number of nitrogens with zero attached hydrogens (tertiary/aromatic N) is 4. The Kier molecular flexibility index (Phi) is 7.42. The second kappa shape index (κ2) is 10.1. The molecule has 0 aliphatic carbocycles. The van der Waals surface area contributed by atoms with Gasteiger partial charge < -0.3 is 19.7 Å². The molecular weight excluding hydrogens is 506 g/mol. The van der Waals surface area contributed by atoms with Crippen molar-refractivity contribution < 1.29 is 19.4 Å². The maximum atomic E-state index is 13.8. The highest BCUT2D eigenvalue weighted by Gasteiger charge is 2.43. The number of carboxylic acid groups (broad SMARTS) is 1. The lowest BCUT2D eigenvalue weighted by atomic mass is 9.90. The van der Waals surface area contributed by atoms with Crippen LogP contribution in [-0.2, 0) is 13.0 Å². The van der Waals surface area contributed by atoms with E-state index in [1.165, 1.54) is 17.0 Å². The lowest BCUT2D eigenvalue weighted by Gasteiger charge is -2.45. The molecule has 0 spiro atoms. The topological polar surface area (TPSA) is 81.8 Å². The fourth-order valence-electron chi connectivity index (χ4n) is 4.84. The van der Waals surface area contributed by atoms with E-state index in [1.807, 2.05) is 30.2 Å². The van der Waals surface area contributed by atoms with Crippen molar-refractivity contribution in [2.75, 3.05) is 31.1 Å². The first-order valence-corrected chi connectivity index (χ1v) is 12.6. The van der Waals surface area contributed by atoms with Gasteiger partial charge in [-0.25, -0.2) is 14.2 Å². The first-order valence-electron chi connectivity index (χ1n) is 11.9. The highest BCUT2D eigenvalue weighted by Crippen LogP contribution is 2.34. The van der Waals surface area contributed by atoms with Gasteiger partial charge in [0, 0.05) is 25.3 Å². The van der Waals surface area contributed by atoms with Gasteiger partial charge in [0.05, 0.1) is 40.6 Å². The second-order valence-electron chi connectivity index (χ2n) is 10.7. The summed E-state index contributed by atoms with van der Waals surface area (Å²) in [6.07, 6.45) is 1.75. The van der Waals surface area contributed by atoms with E-state index in [-0.39, 0.29) is 30.9 Å². The molecule has 3 aromatic rings. The zero-order chi connectivity index (χ0) is 26.3. The Balaban J connectivity index is 1.77. The van der Waals surface area contributed by atoms with Crippen LogP contribution in [0, 0.1) is 11.2 Å². The van der Waals surface area contributed by atoms with Gasteiger partial charge in [0.15, 0.2) is 0 Å². The summed E-state index contributed by atoms with van der Waals surface area (Å²) >= 11 is 12.4. The molecule has 4 rings (SSSR count). The molecule has 0 saturated heterocycles. The normalized spacial score (nSPS) is 15.2. The zero-order valence-electron chi connectivity index (χ0n) is 20.6. The van der Waals surface area contributed by atoms with E-state index in [4.69, 9.17) is 23.2 Å². The standard InChI is InChI=1S/C26H31Cl2FN4O3/c1-25(2,3)7-9-33(24(35)36)26(15-34,13-31-8-6-17-10-18(29)4-5-22(17)31)14-32-16-30-21-11-19(27)20(28)12-23(21)32/h4-5,10-12,16,34H,6-9,13-15H2,1-3H3,(H,35,36)/t26-/m1/s1. The average Bonchev–Trinajstić information content (AvgIpc) is 3.36. The summed E-state index contributed by atoms with van der Waals surface area (Å²) in [5, 5.41) is 22.0. The molecule has 1 aliphatic rings. The smallest absolute Gasteiger partial charge is 0.407 e. The molecule has 1 aromatic heterocycles. The fourth-order valence-corrected chi connectivity index (χ4v) is 5.16. The predicted octanol–water partition coefficient (Wildman–Crippen LogP) is 5.69. The number of hydrogen-bond acceptors (Lipinski definition) is 4. The number of aliphatic hydroxyl groups is 1. The van der Waals surface area contributed by atoms with Crippen LogP contribution in [0.4, 0.5) is 14.9 Å². The number of benzene rings is 2. The molecule has 1 atom stereocenters. The predicted molar refractivity (Wildman–Crippen MR) is 141 cm³/mol. The number of aromatic nitrogens is 2. The largest absolute Gasteiger partial charge is 0.465 e. The molecular formula is C26H31Cl2FN4O3. The maximum Gasteiger partial charge on any atom is 0.407 e. The molecule has 0 bridgehead atoms. The number of hydrogen-bond donors (Lipinski definition) is 2. The van der Waals surface area contributed by atoms with Crippen LogP contribution in [0.3, 0.4) is 0 Å². The number of fused-ring (bicyclic) bond motifs is 2. The van der Waals surface area contributed by atoms with Crippen molar-refractivity contribution in [2.24, 2.45) is 5.41 Å². The SMILES string of the molecule is CC(C)(C)CCN(C(=O)O)[C@](CO)(CN1CCc2cc(F)ccc21)Cn1cnc2cc(Cl)c(Cl)cc21. The number of imidazole rings is 1. The molecule has 2 N–H and O–H groups in total. The van der Waals surface area contributed by atoms with E-state index in [0.717, 1.165) is 11.3 Å². The lowest BCUT2D eigenvalue weighted by Crippen LogP contribution is -2.62. The van der Waals surface area contributed by atoms with Crippen LogP contribution in [0.15, 0.2) is 36.7 Å². The summed E-state index contributed by atoms with van der Waals surface area (Å²) in [6, 6.07) is 7.99. The van der Waals surface area contributed by atoms with E-state index < -0.39 is 18.2 Å². The van der Waals surface area contributed by atoms with Crippen molar-refractivity contribution in [1.82, 2.24) is 14.5 Å². The van der Waals surface area contributed by atoms with Gasteiger partial charge in [-0.1, -0.05) is 44.0 Å². The van der Waals surface area contributed by atoms with Crippen LogP contribution < -0.4 is 4.90 Å². The average molecular weight is 537 g/mol. The number of anilines is 1. The molecule has 194 valence electrons. The highest BCUT2D eigenvalue weighted by molar-refractivity contribution is 6.42. The third kappa shape index (κ3) is 5.41. The maximum absolute atomic E-state index is 13.8. The lowest BCUT2D eigenvalue weighted by molar-refractivity contribution is 0.0211. The van der Waals surface area contributed by atoms with E-state index >= 15 is 0 Å². The minimum atomic E-state index is -1.22. The first-order chi connectivity index (χ1) is 16.9. The second-order valence-corrected chi connectivity index (χ2v) is 11.5. The van der Waals surface area contributed by atoms with Crippen LogP contribution in [-0.4, -0.2) is 62.5 Å².